The maximum atomic E-state index is 13.0. The number of ether oxygens (including phenoxy) is 1. The number of aromatic nitrogens is 4. The number of hydrogen-bond donors (Lipinski definition) is 1. The number of imidazole rings is 1. The van der Waals surface area contributed by atoms with Gasteiger partial charge >= 0.3 is 0 Å². The number of carbonyl (C=O) groups is 1. The summed E-state index contributed by atoms with van der Waals surface area (Å²) in [5.74, 6) is 1.72. The average molecular weight is 404 g/mol. The van der Waals surface area contributed by atoms with E-state index in [1.165, 1.54) is 0 Å². The normalized spacial score (nSPS) is 20.0. The summed E-state index contributed by atoms with van der Waals surface area (Å²) in [5, 5.41) is 2.98. The predicted octanol–water partition coefficient (Wildman–Crippen LogP) is 2.51. The molecule has 0 aliphatic carbocycles. The zero-order valence-corrected chi connectivity index (χ0v) is 16.9. The van der Waals surface area contributed by atoms with Crippen molar-refractivity contribution < 1.29 is 9.53 Å². The lowest BCUT2D eigenvalue weighted by atomic mass is 9.88. The van der Waals surface area contributed by atoms with Crippen molar-refractivity contribution in [2.45, 2.75) is 38.0 Å². The predicted molar refractivity (Wildman–Crippen MR) is 112 cm³/mol. The Balaban J connectivity index is 1.36. The summed E-state index contributed by atoms with van der Waals surface area (Å²) in [6, 6.07) is 9.60. The molecule has 0 aromatic carbocycles. The molecule has 1 unspecified atom stereocenters. The summed E-state index contributed by atoms with van der Waals surface area (Å²) in [7, 11) is 0. The van der Waals surface area contributed by atoms with Crippen molar-refractivity contribution in [2.75, 3.05) is 23.3 Å². The van der Waals surface area contributed by atoms with Gasteiger partial charge in [-0.05, 0) is 31.2 Å². The number of nitrogens with one attached hydrogen (secondary N) is 1. The Kier molecular flexibility index (Phi) is 4.71. The third-order valence-corrected chi connectivity index (χ3v) is 5.95. The van der Waals surface area contributed by atoms with E-state index >= 15 is 0 Å². The van der Waals surface area contributed by atoms with Crippen LogP contribution in [-0.4, -0.2) is 44.6 Å². The molecule has 5 heterocycles. The Morgan fingerprint density at radius 2 is 1.93 bits per heavy atom. The summed E-state index contributed by atoms with van der Waals surface area (Å²) in [6.07, 6.45) is 8.14. The fourth-order valence-corrected chi connectivity index (χ4v) is 4.34. The van der Waals surface area contributed by atoms with Crippen LogP contribution in [0.5, 0.6) is 0 Å². The van der Waals surface area contributed by atoms with Crippen LogP contribution in [0.25, 0.3) is 0 Å². The monoisotopic (exact) mass is 404 g/mol. The standard InChI is InChI=1S/C22H24N6O2/c1-16-17(5-4-10-23-16)26-20(29)18-15-28-14-11-25-21(28)22(30-18)7-12-27(13-8-22)19-6-2-3-9-24-19/h2-6,9-11,14,18H,7-8,12-13,15H2,1H3,(H,26,29). The summed E-state index contributed by atoms with van der Waals surface area (Å²) in [6.45, 7) is 3.91. The van der Waals surface area contributed by atoms with Crippen LogP contribution in [0.3, 0.4) is 0 Å². The van der Waals surface area contributed by atoms with Crippen molar-refractivity contribution in [1.82, 2.24) is 19.5 Å². The number of nitrogens with zero attached hydrogens (tertiary/aromatic N) is 5. The van der Waals surface area contributed by atoms with Gasteiger partial charge in [0.15, 0.2) is 6.10 Å². The third kappa shape index (κ3) is 3.33. The molecule has 5 rings (SSSR count). The van der Waals surface area contributed by atoms with E-state index < -0.39 is 11.7 Å². The van der Waals surface area contributed by atoms with Crippen LogP contribution in [-0.2, 0) is 21.7 Å². The zero-order chi connectivity index (χ0) is 20.6. The van der Waals surface area contributed by atoms with Crippen LogP contribution < -0.4 is 10.2 Å². The molecule has 3 aromatic heterocycles. The molecule has 1 spiro atoms. The Morgan fingerprint density at radius 3 is 2.70 bits per heavy atom. The van der Waals surface area contributed by atoms with Gasteiger partial charge in [-0.1, -0.05) is 6.07 Å². The van der Waals surface area contributed by atoms with Crippen LogP contribution in [0.1, 0.15) is 24.4 Å². The van der Waals surface area contributed by atoms with Crippen LogP contribution in [0, 0.1) is 6.92 Å². The van der Waals surface area contributed by atoms with Crippen molar-refractivity contribution in [3.05, 3.63) is 66.6 Å². The van der Waals surface area contributed by atoms with Gasteiger partial charge in [-0.2, -0.15) is 0 Å². The molecule has 1 N–H and O–H groups in total. The number of rotatable bonds is 3. The van der Waals surface area contributed by atoms with Gasteiger partial charge in [-0.25, -0.2) is 9.97 Å². The van der Waals surface area contributed by atoms with E-state index in [9.17, 15) is 4.79 Å². The molecule has 1 amide bonds. The minimum Gasteiger partial charge on any atom is -0.356 e. The number of hydrogen-bond acceptors (Lipinski definition) is 6. The van der Waals surface area contributed by atoms with Crippen molar-refractivity contribution in [2.24, 2.45) is 0 Å². The van der Waals surface area contributed by atoms with Crippen LogP contribution >= 0.6 is 0 Å². The molecule has 2 aliphatic heterocycles. The second-order valence-corrected chi connectivity index (χ2v) is 7.80. The maximum absolute atomic E-state index is 13.0. The van der Waals surface area contributed by atoms with E-state index in [1.54, 1.807) is 12.4 Å². The SMILES string of the molecule is Cc1ncccc1NC(=O)C1Cn2ccnc2C2(CCN(c3ccccn3)CC2)O1. The lowest BCUT2D eigenvalue weighted by Gasteiger charge is -2.45. The zero-order valence-electron chi connectivity index (χ0n) is 16.9. The number of piperidine rings is 1. The van der Waals surface area contributed by atoms with Crippen LogP contribution in [0.4, 0.5) is 11.5 Å². The van der Waals surface area contributed by atoms with Crippen LogP contribution in [0.15, 0.2) is 55.1 Å². The van der Waals surface area contributed by atoms with E-state index in [-0.39, 0.29) is 5.91 Å². The van der Waals surface area contributed by atoms with Gasteiger partial charge in [-0.3, -0.25) is 9.78 Å². The van der Waals surface area contributed by atoms with Gasteiger partial charge < -0.3 is 19.5 Å². The Labute approximate surface area is 174 Å². The minimum atomic E-state index is -0.590. The van der Waals surface area contributed by atoms with Crippen molar-refractivity contribution >= 4 is 17.4 Å². The third-order valence-electron chi connectivity index (χ3n) is 5.95. The molecule has 0 bridgehead atoms. The first-order chi connectivity index (χ1) is 14.6. The fraction of sp³-hybridized carbons (Fsp3) is 0.364. The van der Waals surface area contributed by atoms with Gasteiger partial charge in [0.1, 0.15) is 17.2 Å². The topological polar surface area (TPSA) is 85.2 Å². The molecule has 1 atom stereocenters. The molecular formula is C22H24N6O2. The first-order valence-electron chi connectivity index (χ1n) is 10.2. The number of anilines is 2. The fourth-order valence-electron chi connectivity index (χ4n) is 4.34. The summed E-state index contributed by atoms with van der Waals surface area (Å²) in [5.41, 5.74) is 0.920. The second kappa shape index (κ2) is 7.53. The van der Waals surface area contributed by atoms with E-state index in [0.29, 0.717) is 12.2 Å². The smallest absolute Gasteiger partial charge is 0.255 e. The highest BCUT2D eigenvalue weighted by atomic mass is 16.5. The molecule has 3 aromatic rings. The highest BCUT2D eigenvalue weighted by Gasteiger charge is 2.47. The van der Waals surface area contributed by atoms with Crippen molar-refractivity contribution in [3.63, 3.8) is 0 Å². The van der Waals surface area contributed by atoms with Crippen LogP contribution in [0.2, 0.25) is 0 Å². The summed E-state index contributed by atoms with van der Waals surface area (Å²) in [4.78, 5) is 28.6. The maximum Gasteiger partial charge on any atom is 0.255 e. The first-order valence-corrected chi connectivity index (χ1v) is 10.2. The van der Waals surface area contributed by atoms with Crippen molar-refractivity contribution in [1.29, 1.82) is 0 Å². The molecule has 0 radical (unpaired) electrons. The largest absolute Gasteiger partial charge is 0.356 e. The van der Waals surface area contributed by atoms with E-state index in [0.717, 1.165) is 43.3 Å². The van der Waals surface area contributed by atoms with E-state index in [1.807, 2.05) is 49.6 Å². The molecule has 8 heteroatoms. The molecule has 1 saturated heterocycles. The minimum absolute atomic E-state index is 0.156. The van der Waals surface area contributed by atoms with Gasteiger partial charge in [0.2, 0.25) is 0 Å². The number of carbonyl (C=O) groups excluding carboxylic acids is 1. The first kappa shape index (κ1) is 18.7. The summed E-state index contributed by atoms with van der Waals surface area (Å²) < 4.78 is 8.55. The van der Waals surface area contributed by atoms with Gasteiger partial charge in [0.25, 0.3) is 5.91 Å². The van der Waals surface area contributed by atoms with Gasteiger partial charge in [-0.15, -0.1) is 0 Å². The molecule has 1 fully saturated rings. The number of aryl methyl sites for hydroxylation is 1. The Bertz CT molecular complexity index is 1040. The molecule has 8 nitrogen and oxygen atoms in total. The summed E-state index contributed by atoms with van der Waals surface area (Å²) >= 11 is 0. The molecular weight excluding hydrogens is 380 g/mol. The second-order valence-electron chi connectivity index (χ2n) is 7.80. The van der Waals surface area contributed by atoms with E-state index in [4.69, 9.17) is 4.74 Å². The highest BCUT2D eigenvalue weighted by molar-refractivity contribution is 5.94. The Morgan fingerprint density at radius 1 is 1.10 bits per heavy atom. The number of pyridine rings is 2. The molecule has 0 saturated carbocycles. The lowest BCUT2D eigenvalue weighted by molar-refractivity contribution is -0.162. The number of amides is 1. The quantitative estimate of drug-likeness (QED) is 0.722. The molecule has 2 aliphatic rings. The Hall–Kier alpha value is -3.26. The lowest BCUT2D eigenvalue weighted by Crippen LogP contribution is -2.53. The average Bonchev–Trinajstić information content (AvgIpc) is 3.26. The van der Waals surface area contributed by atoms with E-state index in [2.05, 4.69) is 29.7 Å². The molecule has 30 heavy (non-hydrogen) atoms. The van der Waals surface area contributed by atoms with Crippen molar-refractivity contribution in [3.8, 4) is 0 Å². The molecule has 154 valence electrons. The van der Waals surface area contributed by atoms with Gasteiger partial charge in [0.05, 0.1) is 17.9 Å². The highest BCUT2D eigenvalue weighted by Crippen LogP contribution is 2.40. The van der Waals surface area contributed by atoms with Gasteiger partial charge in [0, 0.05) is 50.7 Å². The number of fused-ring (bicyclic) bond motifs is 2.